The monoisotopic (exact) mass is 350 g/mol. The molecule has 0 fully saturated rings. The van der Waals surface area contributed by atoms with Gasteiger partial charge in [0.1, 0.15) is 22.8 Å². The SMILES string of the molecule is CCCCOc1cc(C(=O)Oc2ccccc2)c(O)c2cccc(C)c12. The van der Waals surface area contributed by atoms with Crippen LogP contribution in [0.2, 0.25) is 0 Å². The van der Waals surface area contributed by atoms with Crippen molar-refractivity contribution >= 4 is 16.7 Å². The van der Waals surface area contributed by atoms with E-state index in [1.54, 1.807) is 36.4 Å². The van der Waals surface area contributed by atoms with E-state index in [9.17, 15) is 9.90 Å². The Morgan fingerprint density at radius 1 is 1.08 bits per heavy atom. The first-order chi connectivity index (χ1) is 12.6. The van der Waals surface area contributed by atoms with Crippen LogP contribution in [0.15, 0.2) is 54.6 Å². The molecular weight excluding hydrogens is 328 g/mol. The average Bonchev–Trinajstić information content (AvgIpc) is 2.64. The van der Waals surface area contributed by atoms with E-state index in [4.69, 9.17) is 9.47 Å². The highest BCUT2D eigenvalue weighted by Crippen LogP contribution is 2.38. The fourth-order valence-corrected chi connectivity index (χ4v) is 2.86. The van der Waals surface area contributed by atoms with Crippen molar-refractivity contribution in [2.45, 2.75) is 26.7 Å². The van der Waals surface area contributed by atoms with Gasteiger partial charge in [-0.05, 0) is 37.1 Å². The second kappa shape index (κ2) is 7.91. The van der Waals surface area contributed by atoms with Gasteiger partial charge in [-0.1, -0.05) is 49.7 Å². The number of unbranched alkanes of at least 4 members (excludes halogenated alkanes) is 1. The Labute approximate surface area is 153 Å². The minimum Gasteiger partial charge on any atom is -0.506 e. The largest absolute Gasteiger partial charge is 0.506 e. The molecule has 0 heterocycles. The van der Waals surface area contributed by atoms with E-state index in [1.807, 2.05) is 25.1 Å². The molecule has 0 amide bonds. The Balaban J connectivity index is 2.04. The summed E-state index contributed by atoms with van der Waals surface area (Å²) in [6.45, 7) is 4.60. The number of esters is 1. The van der Waals surface area contributed by atoms with E-state index < -0.39 is 5.97 Å². The lowest BCUT2D eigenvalue weighted by molar-refractivity contribution is 0.0731. The number of carbonyl (C=O) groups excluding carboxylic acids is 1. The molecule has 0 bridgehead atoms. The van der Waals surface area contributed by atoms with Crippen LogP contribution in [0.3, 0.4) is 0 Å². The minimum atomic E-state index is -0.613. The zero-order valence-corrected chi connectivity index (χ0v) is 15.0. The number of aryl methyl sites for hydroxylation is 1. The number of ether oxygens (including phenoxy) is 2. The minimum absolute atomic E-state index is 0.0903. The van der Waals surface area contributed by atoms with Gasteiger partial charge in [0.25, 0.3) is 0 Å². The maximum Gasteiger partial charge on any atom is 0.347 e. The van der Waals surface area contributed by atoms with Gasteiger partial charge >= 0.3 is 5.97 Å². The highest BCUT2D eigenvalue weighted by atomic mass is 16.5. The van der Waals surface area contributed by atoms with Crippen LogP contribution in [0.25, 0.3) is 10.8 Å². The molecule has 0 aliphatic carbocycles. The maximum atomic E-state index is 12.6. The fraction of sp³-hybridized carbons (Fsp3) is 0.227. The Hall–Kier alpha value is -3.01. The summed E-state index contributed by atoms with van der Waals surface area (Å²) in [7, 11) is 0. The number of phenols is 1. The van der Waals surface area contributed by atoms with E-state index in [2.05, 4.69) is 6.92 Å². The number of benzene rings is 3. The summed E-state index contributed by atoms with van der Waals surface area (Å²) in [6, 6.07) is 16.0. The summed E-state index contributed by atoms with van der Waals surface area (Å²) >= 11 is 0. The first-order valence-electron chi connectivity index (χ1n) is 8.77. The number of para-hydroxylation sites is 1. The quantitative estimate of drug-likeness (QED) is 0.375. The highest BCUT2D eigenvalue weighted by Gasteiger charge is 2.20. The van der Waals surface area contributed by atoms with Gasteiger partial charge in [-0.15, -0.1) is 0 Å². The van der Waals surface area contributed by atoms with Gasteiger partial charge in [0.2, 0.25) is 0 Å². The van der Waals surface area contributed by atoms with Gasteiger partial charge in [0.05, 0.1) is 6.61 Å². The number of aromatic hydroxyl groups is 1. The Kier molecular flexibility index (Phi) is 5.42. The number of rotatable bonds is 6. The van der Waals surface area contributed by atoms with Crippen molar-refractivity contribution in [1.82, 2.24) is 0 Å². The summed E-state index contributed by atoms with van der Waals surface area (Å²) in [5.74, 6) is 0.309. The Morgan fingerprint density at radius 2 is 1.85 bits per heavy atom. The molecule has 0 aliphatic rings. The molecule has 26 heavy (non-hydrogen) atoms. The van der Waals surface area contributed by atoms with Crippen LogP contribution in [-0.4, -0.2) is 17.7 Å². The summed E-state index contributed by atoms with van der Waals surface area (Å²) in [4.78, 5) is 12.6. The average molecular weight is 350 g/mol. The lowest BCUT2D eigenvalue weighted by Crippen LogP contribution is -2.10. The van der Waals surface area contributed by atoms with Gasteiger partial charge in [-0.2, -0.15) is 0 Å². The molecule has 1 N–H and O–H groups in total. The van der Waals surface area contributed by atoms with Crippen molar-refractivity contribution in [3.05, 3.63) is 65.7 Å². The van der Waals surface area contributed by atoms with Crippen molar-refractivity contribution in [3.8, 4) is 17.2 Å². The topological polar surface area (TPSA) is 55.8 Å². The number of hydrogen-bond acceptors (Lipinski definition) is 4. The van der Waals surface area contributed by atoms with Crippen molar-refractivity contribution in [2.75, 3.05) is 6.61 Å². The van der Waals surface area contributed by atoms with E-state index in [-0.39, 0.29) is 11.3 Å². The summed E-state index contributed by atoms with van der Waals surface area (Å²) in [5.41, 5.74) is 1.07. The Bertz CT molecular complexity index is 916. The predicted molar refractivity (Wildman–Crippen MR) is 102 cm³/mol. The standard InChI is InChI=1S/C22H22O4/c1-3-4-13-25-19-14-18(22(24)26-16-10-6-5-7-11-16)21(23)17-12-8-9-15(2)20(17)19/h5-12,14,23H,3-4,13H2,1-2H3. The molecule has 0 spiro atoms. The van der Waals surface area contributed by atoms with Crippen LogP contribution in [0.4, 0.5) is 0 Å². The first kappa shape index (κ1) is 17.8. The van der Waals surface area contributed by atoms with Gasteiger partial charge < -0.3 is 14.6 Å². The van der Waals surface area contributed by atoms with Gasteiger partial charge in [-0.25, -0.2) is 4.79 Å². The van der Waals surface area contributed by atoms with E-state index in [0.717, 1.165) is 23.8 Å². The summed E-state index contributed by atoms with van der Waals surface area (Å²) in [6.07, 6.45) is 1.93. The van der Waals surface area contributed by atoms with Crippen LogP contribution in [0.5, 0.6) is 17.2 Å². The smallest absolute Gasteiger partial charge is 0.347 e. The molecule has 0 aromatic heterocycles. The van der Waals surface area contributed by atoms with E-state index >= 15 is 0 Å². The third kappa shape index (κ3) is 3.64. The Morgan fingerprint density at radius 3 is 2.58 bits per heavy atom. The molecule has 3 rings (SSSR count). The molecular formula is C22H22O4. The second-order valence-corrected chi connectivity index (χ2v) is 6.17. The number of hydrogen-bond donors (Lipinski definition) is 1. The highest BCUT2D eigenvalue weighted by molar-refractivity contribution is 6.05. The number of phenolic OH excluding ortho intramolecular Hbond substituents is 1. The molecule has 4 heteroatoms. The fourth-order valence-electron chi connectivity index (χ4n) is 2.86. The molecule has 0 saturated heterocycles. The van der Waals surface area contributed by atoms with Gasteiger partial charge in [0.15, 0.2) is 0 Å². The molecule has 0 saturated carbocycles. The first-order valence-corrected chi connectivity index (χ1v) is 8.77. The molecule has 0 unspecified atom stereocenters. The number of fused-ring (bicyclic) bond motifs is 1. The van der Waals surface area contributed by atoms with Crippen molar-refractivity contribution < 1.29 is 19.4 Å². The molecule has 134 valence electrons. The van der Waals surface area contributed by atoms with E-state index in [0.29, 0.717) is 23.5 Å². The summed E-state index contributed by atoms with van der Waals surface area (Å²) < 4.78 is 11.3. The number of carbonyl (C=O) groups is 1. The van der Waals surface area contributed by atoms with Crippen molar-refractivity contribution in [1.29, 1.82) is 0 Å². The molecule has 3 aromatic carbocycles. The molecule has 4 nitrogen and oxygen atoms in total. The van der Waals surface area contributed by atoms with Crippen molar-refractivity contribution in [2.24, 2.45) is 0 Å². The maximum absolute atomic E-state index is 12.6. The molecule has 0 radical (unpaired) electrons. The van der Waals surface area contributed by atoms with Crippen LogP contribution >= 0.6 is 0 Å². The van der Waals surface area contributed by atoms with Crippen LogP contribution in [0.1, 0.15) is 35.7 Å². The van der Waals surface area contributed by atoms with Crippen LogP contribution < -0.4 is 9.47 Å². The van der Waals surface area contributed by atoms with E-state index in [1.165, 1.54) is 0 Å². The van der Waals surface area contributed by atoms with Crippen LogP contribution in [0, 0.1) is 6.92 Å². The molecule has 3 aromatic rings. The van der Waals surface area contributed by atoms with Gasteiger partial charge in [-0.3, -0.25) is 0 Å². The van der Waals surface area contributed by atoms with Crippen molar-refractivity contribution in [3.63, 3.8) is 0 Å². The lowest BCUT2D eigenvalue weighted by atomic mass is 10.00. The summed E-state index contributed by atoms with van der Waals surface area (Å²) in [5, 5.41) is 12.1. The van der Waals surface area contributed by atoms with Gasteiger partial charge in [0, 0.05) is 10.8 Å². The predicted octanol–water partition coefficient (Wildman–Crippen LogP) is 5.25. The molecule has 0 aliphatic heterocycles. The normalized spacial score (nSPS) is 10.7. The zero-order valence-electron chi connectivity index (χ0n) is 15.0. The third-order valence-electron chi connectivity index (χ3n) is 4.23. The lowest BCUT2D eigenvalue weighted by Gasteiger charge is -2.15. The molecule has 0 atom stereocenters. The second-order valence-electron chi connectivity index (χ2n) is 6.17. The van der Waals surface area contributed by atoms with Crippen LogP contribution in [-0.2, 0) is 0 Å². The third-order valence-corrected chi connectivity index (χ3v) is 4.23. The zero-order chi connectivity index (χ0) is 18.5.